The first-order valence-corrected chi connectivity index (χ1v) is 8.76. The molecule has 7 heteroatoms. The molecular weight excluding hydrogens is 344 g/mol. The largest absolute Gasteiger partial charge is 0.336 e. The van der Waals surface area contributed by atoms with Gasteiger partial charge in [-0.2, -0.15) is 0 Å². The van der Waals surface area contributed by atoms with E-state index in [9.17, 15) is 14.4 Å². The fourth-order valence-corrected chi connectivity index (χ4v) is 3.06. The molecule has 0 bridgehead atoms. The van der Waals surface area contributed by atoms with Gasteiger partial charge in [-0.05, 0) is 23.8 Å². The number of hydrogen-bond donors (Lipinski definition) is 3. The van der Waals surface area contributed by atoms with Crippen LogP contribution < -0.4 is 16.0 Å². The van der Waals surface area contributed by atoms with Gasteiger partial charge in [-0.3, -0.25) is 9.59 Å². The second kappa shape index (κ2) is 8.35. The SMILES string of the molecule is CC(=O)Nc1cccc(NC(=O)NC2CC(=O)N(Cc3ccccc3)C2)c1. The van der Waals surface area contributed by atoms with Gasteiger partial charge in [-0.15, -0.1) is 0 Å². The lowest BCUT2D eigenvalue weighted by molar-refractivity contribution is -0.128. The van der Waals surface area contributed by atoms with E-state index in [1.54, 1.807) is 29.2 Å². The molecule has 1 aliphatic heterocycles. The quantitative estimate of drug-likeness (QED) is 0.760. The molecule has 140 valence electrons. The van der Waals surface area contributed by atoms with E-state index >= 15 is 0 Å². The monoisotopic (exact) mass is 366 g/mol. The molecule has 2 aromatic carbocycles. The van der Waals surface area contributed by atoms with Crippen LogP contribution in [-0.2, 0) is 16.1 Å². The topological polar surface area (TPSA) is 90.5 Å². The summed E-state index contributed by atoms with van der Waals surface area (Å²) in [6.45, 7) is 2.44. The molecule has 1 heterocycles. The molecule has 1 unspecified atom stereocenters. The summed E-state index contributed by atoms with van der Waals surface area (Å²) in [5.74, 6) is -0.156. The van der Waals surface area contributed by atoms with Gasteiger partial charge in [-0.25, -0.2) is 4.79 Å². The maximum absolute atomic E-state index is 12.2. The van der Waals surface area contributed by atoms with Gasteiger partial charge in [0.1, 0.15) is 0 Å². The van der Waals surface area contributed by atoms with Gasteiger partial charge in [0.05, 0.1) is 6.04 Å². The number of nitrogens with one attached hydrogen (secondary N) is 3. The summed E-state index contributed by atoms with van der Waals surface area (Å²) in [6.07, 6.45) is 0.284. The van der Waals surface area contributed by atoms with E-state index in [2.05, 4.69) is 16.0 Å². The molecular formula is C20H22N4O3. The highest BCUT2D eigenvalue weighted by Crippen LogP contribution is 2.17. The molecule has 3 N–H and O–H groups in total. The van der Waals surface area contributed by atoms with Crippen LogP contribution in [0.1, 0.15) is 18.9 Å². The lowest BCUT2D eigenvalue weighted by Crippen LogP contribution is -2.39. The number of likely N-dealkylation sites (tertiary alicyclic amines) is 1. The highest BCUT2D eigenvalue weighted by molar-refractivity contribution is 5.93. The van der Waals surface area contributed by atoms with E-state index in [4.69, 9.17) is 0 Å². The van der Waals surface area contributed by atoms with Crippen molar-refractivity contribution in [1.29, 1.82) is 0 Å². The summed E-state index contributed by atoms with van der Waals surface area (Å²) in [5, 5.41) is 8.23. The predicted octanol–water partition coefficient (Wildman–Crippen LogP) is 2.57. The number of amides is 4. The van der Waals surface area contributed by atoms with Crippen LogP contribution in [0.5, 0.6) is 0 Å². The second-order valence-electron chi connectivity index (χ2n) is 6.52. The fourth-order valence-electron chi connectivity index (χ4n) is 3.06. The van der Waals surface area contributed by atoms with Gasteiger partial charge in [0.2, 0.25) is 11.8 Å². The molecule has 0 spiro atoms. The molecule has 2 aromatic rings. The number of benzene rings is 2. The minimum Gasteiger partial charge on any atom is -0.336 e. The lowest BCUT2D eigenvalue weighted by Gasteiger charge is -2.17. The van der Waals surface area contributed by atoms with Gasteiger partial charge in [0.25, 0.3) is 0 Å². The van der Waals surface area contributed by atoms with Crippen molar-refractivity contribution in [2.45, 2.75) is 25.9 Å². The molecule has 1 aliphatic rings. The molecule has 0 saturated carbocycles. The molecule has 1 fully saturated rings. The summed E-state index contributed by atoms with van der Waals surface area (Å²) in [7, 11) is 0. The average molecular weight is 366 g/mol. The fraction of sp³-hybridized carbons (Fsp3) is 0.250. The molecule has 27 heavy (non-hydrogen) atoms. The van der Waals surface area contributed by atoms with Crippen molar-refractivity contribution >= 4 is 29.2 Å². The third-order valence-corrected chi connectivity index (χ3v) is 4.21. The Bertz CT molecular complexity index is 838. The predicted molar refractivity (Wildman–Crippen MR) is 103 cm³/mol. The number of carbonyl (C=O) groups is 3. The van der Waals surface area contributed by atoms with Crippen molar-refractivity contribution in [3.8, 4) is 0 Å². The van der Waals surface area contributed by atoms with Gasteiger partial charge >= 0.3 is 6.03 Å². The Morgan fingerprint density at radius 3 is 2.44 bits per heavy atom. The Morgan fingerprint density at radius 1 is 1.04 bits per heavy atom. The molecule has 3 rings (SSSR count). The Morgan fingerprint density at radius 2 is 1.74 bits per heavy atom. The van der Waals surface area contributed by atoms with E-state index in [-0.39, 0.29) is 30.3 Å². The number of nitrogens with zero attached hydrogens (tertiary/aromatic N) is 1. The minimum atomic E-state index is -0.380. The number of hydrogen-bond acceptors (Lipinski definition) is 3. The lowest BCUT2D eigenvalue weighted by atomic mass is 10.2. The number of rotatable bonds is 5. The van der Waals surface area contributed by atoms with E-state index in [0.29, 0.717) is 24.5 Å². The third kappa shape index (κ3) is 5.31. The molecule has 0 aliphatic carbocycles. The first-order valence-electron chi connectivity index (χ1n) is 8.76. The minimum absolute atomic E-state index is 0.0248. The zero-order valence-corrected chi connectivity index (χ0v) is 15.1. The maximum atomic E-state index is 12.2. The van der Waals surface area contributed by atoms with Crippen LogP contribution in [0.15, 0.2) is 54.6 Å². The maximum Gasteiger partial charge on any atom is 0.319 e. The average Bonchev–Trinajstić information content (AvgIpc) is 2.94. The first-order chi connectivity index (χ1) is 13.0. The third-order valence-electron chi connectivity index (χ3n) is 4.21. The van der Waals surface area contributed by atoms with Crippen molar-refractivity contribution in [2.75, 3.05) is 17.2 Å². The van der Waals surface area contributed by atoms with Crippen LogP contribution in [0.4, 0.5) is 16.2 Å². The van der Waals surface area contributed by atoms with Crippen molar-refractivity contribution in [3.63, 3.8) is 0 Å². The van der Waals surface area contributed by atoms with E-state index in [1.807, 2.05) is 30.3 Å². The smallest absolute Gasteiger partial charge is 0.319 e. The van der Waals surface area contributed by atoms with Crippen LogP contribution in [0.2, 0.25) is 0 Å². The van der Waals surface area contributed by atoms with Crippen LogP contribution in [0, 0.1) is 0 Å². The Balaban J connectivity index is 1.52. The van der Waals surface area contributed by atoms with Crippen LogP contribution >= 0.6 is 0 Å². The Labute approximate surface area is 157 Å². The number of carbonyl (C=O) groups excluding carboxylic acids is 3. The highest BCUT2D eigenvalue weighted by Gasteiger charge is 2.30. The Hall–Kier alpha value is -3.35. The van der Waals surface area contributed by atoms with Crippen molar-refractivity contribution in [3.05, 3.63) is 60.2 Å². The standard InChI is InChI=1S/C20H22N4O3/c1-14(25)21-16-8-5-9-17(10-16)22-20(27)23-18-11-19(26)24(13-18)12-15-6-3-2-4-7-15/h2-10,18H,11-13H2,1H3,(H,21,25)(H2,22,23,27). The molecule has 1 atom stereocenters. The number of urea groups is 1. The van der Waals surface area contributed by atoms with Crippen molar-refractivity contribution in [2.24, 2.45) is 0 Å². The normalized spacial score (nSPS) is 16.1. The molecule has 4 amide bonds. The summed E-state index contributed by atoms with van der Waals surface area (Å²) in [4.78, 5) is 37.3. The van der Waals surface area contributed by atoms with Crippen molar-refractivity contribution < 1.29 is 14.4 Å². The highest BCUT2D eigenvalue weighted by atomic mass is 16.2. The van der Waals surface area contributed by atoms with E-state index < -0.39 is 0 Å². The molecule has 1 saturated heterocycles. The van der Waals surface area contributed by atoms with Gasteiger partial charge < -0.3 is 20.9 Å². The van der Waals surface area contributed by atoms with Crippen LogP contribution in [0.3, 0.4) is 0 Å². The van der Waals surface area contributed by atoms with Gasteiger partial charge in [0.15, 0.2) is 0 Å². The van der Waals surface area contributed by atoms with E-state index in [1.165, 1.54) is 6.92 Å². The van der Waals surface area contributed by atoms with Crippen molar-refractivity contribution in [1.82, 2.24) is 10.2 Å². The zero-order valence-electron chi connectivity index (χ0n) is 15.1. The summed E-state index contributed by atoms with van der Waals surface area (Å²) >= 11 is 0. The van der Waals surface area contributed by atoms with Gasteiger partial charge in [0, 0.05) is 37.8 Å². The molecule has 0 aromatic heterocycles. The molecule has 7 nitrogen and oxygen atoms in total. The summed E-state index contributed by atoms with van der Waals surface area (Å²) in [5.41, 5.74) is 2.22. The summed E-state index contributed by atoms with van der Waals surface area (Å²) < 4.78 is 0. The number of anilines is 2. The zero-order chi connectivity index (χ0) is 19.2. The van der Waals surface area contributed by atoms with Crippen LogP contribution in [0.25, 0.3) is 0 Å². The van der Waals surface area contributed by atoms with Crippen LogP contribution in [-0.4, -0.2) is 35.3 Å². The van der Waals surface area contributed by atoms with E-state index in [0.717, 1.165) is 5.56 Å². The van der Waals surface area contributed by atoms with Gasteiger partial charge in [-0.1, -0.05) is 36.4 Å². The molecule has 0 radical (unpaired) electrons. The first kappa shape index (κ1) is 18.4. The second-order valence-corrected chi connectivity index (χ2v) is 6.52. The Kier molecular flexibility index (Phi) is 5.71. The summed E-state index contributed by atoms with van der Waals surface area (Å²) in [6, 6.07) is 16.0.